The van der Waals surface area contributed by atoms with E-state index in [0.717, 1.165) is 50.2 Å². The Hall–Kier alpha value is -2.13. The number of esters is 3. The van der Waals surface area contributed by atoms with E-state index in [-0.39, 0.29) is 58.7 Å². The molecule has 1 rings (SSSR count). The predicted octanol–water partition coefficient (Wildman–Crippen LogP) is 22.3. The van der Waals surface area contributed by atoms with E-state index in [1.54, 1.807) is 35.3 Å². The molecule has 0 saturated heterocycles. The first-order chi connectivity index (χ1) is 45.8. The Labute approximate surface area is 584 Å². The molecule has 0 aliphatic heterocycles. The molecule has 0 bridgehead atoms. The molecule has 0 amide bonds. The zero-order valence-corrected chi connectivity index (χ0v) is 63.5. The lowest BCUT2D eigenvalue weighted by atomic mass is 10.0. The monoisotopic (exact) mass is 1370 g/mol. The molecular weight excluding hydrogens is 1220 g/mol. The highest BCUT2D eigenvalue weighted by atomic mass is 32.2. The first-order valence-corrected chi connectivity index (χ1v) is 43.4. The second-order valence-electron chi connectivity index (χ2n) is 27.1. The molecule has 0 aliphatic carbocycles. The maximum Gasteiger partial charge on any atom is 0.336 e. The average molecular weight is 1370 g/mol. The smallest absolute Gasteiger partial charge is 0.336 e. The predicted molar refractivity (Wildman–Crippen MR) is 404 cm³/mol. The van der Waals surface area contributed by atoms with Gasteiger partial charge in [0, 0.05) is 17.3 Å². The number of carbonyl (C=O) groups is 3. The zero-order chi connectivity index (χ0) is 67.2. The fourth-order valence-corrected chi connectivity index (χ4v) is 15.1. The van der Waals surface area contributed by atoms with Gasteiger partial charge in [0.2, 0.25) is 0 Å². The van der Waals surface area contributed by atoms with Crippen LogP contribution in [0.1, 0.15) is 387 Å². The van der Waals surface area contributed by atoms with E-state index in [0.29, 0.717) is 17.3 Å². The third kappa shape index (κ3) is 58.5. The van der Waals surface area contributed by atoms with Gasteiger partial charge in [0.1, 0.15) is 19.8 Å². The molecule has 0 atom stereocenters. The molecule has 12 nitrogen and oxygen atoms in total. The summed E-state index contributed by atoms with van der Waals surface area (Å²) in [5.74, 6) is 3.61. The van der Waals surface area contributed by atoms with E-state index in [1.807, 2.05) is 0 Å². The van der Waals surface area contributed by atoms with Crippen LogP contribution in [0.15, 0.2) is 14.4 Å². The summed E-state index contributed by atoms with van der Waals surface area (Å²) >= 11 is 5.21. The van der Waals surface area contributed by atoms with Gasteiger partial charge in [0.15, 0.2) is 0 Å². The van der Waals surface area contributed by atoms with Crippen molar-refractivity contribution in [2.75, 3.05) is 54.3 Å². The Morgan fingerprint density at radius 2 is 0.387 bits per heavy atom. The van der Waals surface area contributed by atoms with Crippen LogP contribution in [0.2, 0.25) is 0 Å². The SMILES string of the molecule is CCCCCCCCCCCCCCCCCCCCSCCC(=O)OCCn1c(=O)n(CCOC(=O)CCSCCCCCCCCCCCCCCCCCCCC)c(=O)n(CCOC(=O)CCSCCCCCCCCCCCCCCCCCCCC)c1=O. The highest BCUT2D eigenvalue weighted by Crippen LogP contribution is 2.20. The highest BCUT2D eigenvalue weighted by molar-refractivity contribution is 7.99. The quantitative estimate of drug-likeness (QED) is 0.0348. The van der Waals surface area contributed by atoms with Gasteiger partial charge in [0.25, 0.3) is 0 Å². The number of hydrogen-bond donors (Lipinski definition) is 0. The summed E-state index contributed by atoms with van der Waals surface area (Å²) in [4.78, 5) is 79.5. The maximum atomic E-state index is 13.7. The Kier molecular flexibility index (Phi) is 68.0. The van der Waals surface area contributed by atoms with Crippen molar-refractivity contribution in [3.05, 3.63) is 31.5 Å². The van der Waals surface area contributed by atoms with Crippen molar-refractivity contribution < 1.29 is 28.6 Å². The molecule has 0 unspecified atom stereocenters. The van der Waals surface area contributed by atoms with Crippen LogP contribution in [0.25, 0.3) is 0 Å². The second-order valence-corrected chi connectivity index (χ2v) is 30.8. The molecule has 1 aromatic heterocycles. The molecule has 15 heteroatoms. The van der Waals surface area contributed by atoms with E-state index in [9.17, 15) is 28.8 Å². The number of hydrogen-bond acceptors (Lipinski definition) is 12. The molecule has 0 aliphatic rings. The van der Waals surface area contributed by atoms with Gasteiger partial charge in [0.05, 0.1) is 38.9 Å². The number of unbranched alkanes of at least 4 members (excludes halogenated alkanes) is 51. The molecule has 1 heterocycles. The van der Waals surface area contributed by atoms with Crippen LogP contribution in [0, 0.1) is 0 Å². The largest absolute Gasteiger partial charge is 0.464 e. The van der Waals surface area contributed by atoms with E-state index >= 15 is 0 Å². The summed E-state index contributed by atoms with van der Waals surface area (Å²) in [7, 11) is 0. The Bertz CT molecular complexity index is 1750. The topological polar surface area (TPSA) is 145 Å². The summed E-state index contributed by atoms with van der Waals surface area (Å²) in [6.45, 7) is 5.37. The van der Waals surface area contributed by atoms with Crippen molar-refractivity contribution in [2.45, 2.75) is 406 Å². The van der Waals surface area contributed by atoms with Crippen LogP contribution in [0.4, 0.5) is 0 Å². The molecule has 546 valence electrons. The van der Waals surface area contributed by atoms with Gasteiger partial charge in [-0.2, -0.15) is 35.3 Å². The van der Waals surface area contributed by atoms with Gasteiger partial charge in [-0.25, -0.2) is 28.1 Å². The van der Waals surface area contributed by atoms with Gasteiger partial charge in [-0.3, -0.25) is 14.4 Å². The Morgan fingerprint density at radius 1 is 0.237 bits per heavy atom. The maximum absolute atomic E-state index is 13.7. The van der Waals surface area contributed by atoms with Crippen molar-refractivity contribution in [1.82, 2.24) is 13.7 Å². The van der Waals surface area contributed by atoms with Crippen molar-refractivity contribution in [3.63, 3.8) is 0 Å². The van der Waals surface area contributed by atoms with Gasteiger partial charge in [-0.1, -0.05) is 348 Å². The van der Waals surface area contributed by atoms with Crippen LogP contribution in [0.5, 0.6) is 0 Å². The molecule has 0 fully saturated rings. The van der Waals surface area contributed by atoms with Crippen molar-refractivity contribution in [3.8, 4) is 0 Å². The molecule has 0 saturated carbocycles. The third-order valence-electron chi connectivity index (χ3n) is 18.4. The Balaban J connectivity index is 2.46. The normalized spacial score (nSPS) is 11.5. The van der Waals surface area contributed by atoms with Gasteiger partial charge in [-0.05, 0) is 36.5 Å². The standard InChI is InChI=1S/C78H147N3O9S3/c1-4-7-10-13-16-19-22-25-28-31-34-37-40-43-46-49-52-55-67-91-70-58-73(82)88-64-61-79-76(85)80(62-65-89-74(83)59-71-92-68-56-53-50-47-44-41-38-35-32-29-26-23-20-17-14-11-8-5-2)78(87)81(77(79)86)63-66-90-75(84)60-72-93-69-57-54-51-48-45-42-39-36-33-30-27-24-21-18-15-12-9-6-3/h4-72H2,1-3H3. The lowest BCUT2D eigenvalue weighted by Gasteiger charge is -2.14. The number of aromatic nitrogens is 3. The molecule has 1 aromatic rings. The third-order valence-corrected chi connectivity index (χ3v) is 21.6. The summed E-state index contributed by atoms with van der Waals surface area (Å²) in [6.07, 6.45) is 73.4. The van der Waals surface area contributed by atoms with Crippen LogP contribution in [-0.4, -0.2) is 85.9 Å². The second kappa shape index (κ2) is 71.2. The van der Waals surface area contributed by atoms with Crippen LogP contribution >= 0.6 is 35.3 Å². The van der Waals surface area contributed by atoms with Crippen molar-refractivity contribution in [1.29, 1.82) is 0 Å². The number of carbonyl (C=O) groups excluding carboxylic acids is 3. The number of nitrogens with zero attached hydrogens (tertiary/aromatic N) is 3. The number of thioether (sulfide) groups is 3. The summed E-state index contributed by atoms with van der Waals surface area (Å²) < 4.78 is 19.1. The minimum atomic E-state index is -0.878. The van der Waals surface area contributed by atoms with Crippen LogP contribution in [-0.2, 0) is 48.2 Å². The van der Waals surface area contributed by atoms with Crippen LogP contribution < -0.4 is 17.1 Å². The summed E-state index contributed by atoms with van der Waals surface area (Å²) in [5.41, 5.74) is -2.63. The lowest BCUT2D eigenvalue weighted by Crippen LogP contribution is -2.55. The number of ether oxygens (including phenoxy) is 3. The molecule has 0 N–H and O–H groups in total. The Morgan fingerprint density at radius 3 is 0.548 bits per heavy atom. The molecule has 0 radical (unpaired) electrons. The minimum Gasteiger partial charge on any atom is -0.464 e. The highest BCUT2D eigenvalue weighted by Gasteiger charge is 2.18. The fourth-order valence-electron chi connectivity index (χ4n) is 12.3. The average Bonchev–Trinajstić information content (AvgIpc) is 1.02. The van der Waals surface area contributed by atoms with Gasteiger partial charge >= 0.3 is 35.0 Å². The molecule has 93 heavy (non-hydrogen) atoms. The van der Waals surface area contributed by atoms with Crippen LogP contribution in [0.3, 0.4) is 0 Å². The minimum absolute atomic E-state index is 0.218. The molecular formula is C78H147N3O9S3. The van der Waals surface area contributed by atoms with Crippen molar-refractivity contribution in [2.24, 2.45) is 0 Å². The van der Waals surface area contributed by atoms with Gasteiger partial charge in [-0.15, -0.1) is 0 Å². The fraction of sp³-hybridized carbons (Fsp3) is 0.923. The molecule has 0 aromatic carbocycles. The zero-order valence-electron chi connectivity index (χ0n) is 61.0. The summed E-state index contributed by atoms with van der Waals surface area (Å²) in [6, 6.07) is 0. The first kappa shape index (κ1) is 88.9. The first-order valence-electron chi connectivity index (χ1n) is 39.9. The summed E-state index contributed by atoms with van der Waals surface area (Å²) in [5, 5.41) is 0. The number of rotatable bonds is 75. The lowest BCUT2D eigenvalue weighted by molar-refractivity contribution is -0.144. The van der Waals surface area contributed by atoms with Gasteiger partial charge < -0.3 is 14.2 Å². The van der Waals surface area contributed by atoms with E-state index < -0.39 is 35.0 Å². The molecule has 0 spiro atoms. The van der Waals surface area contributed by atoms with E-state index in [1.165, 1.54) is 327 Å². The van der Waals surface area contributed by atoms with E-state index in [2.05, 4.69) is 20.8 Å². The van der Waals surface area contributed by atoms with Crippen molar-refractivity contribution >= 4 is 53.2 Å². The van der Waals surface area contributed by atoms with E-state index in [4.69, 9.17) is 14.2 Å².